The molecule has 4 nitrogen and oxygen atoms in total. The van der Waals surface area contributed by atoms with E-state index in [9.17, 15) is 9.90 Å². The van der Waals surface area contributed by atoms with Crippen LogP contribution in [0.5, 0.6) is 5.75 Å². The topological polar surface area (TPSA) is 55.8 Å². The molecule has 2 aromatic carbocycles. The molecule has 1 saturated carbocycles. The smallest absolute Gasteiger partial charge is 0.156 e. The Balaban J connectivity index is 1.40. The summed E-state index contributed by atoms with van der Waals surface area (Å²) in [6, 6.07) is 16.6. The molecule has 0 amide bonds. The van der Waals surface area contributed by atoms with Gasteiger partial charge in [0, 0.05) is 17.4 Å². The number of ketones is 1. The van der Waals surface area contributed by atoms with Crippen LogP contribution in [0.3, 0.4) is 0 Å². The van der Waals surface area contributed by atoms with Crippen molar-refractivity contribution in [3.05, 3.63) is 88.0 Å². The first-order valence-corrected chi connectivity index (χ1v) is 15.1. The van der Waals surface area contributed by atoms with Crippen molar-refractivity contribution in [3.63, 3.8) is 0 Å². The molecular formula is C37H42O4. The van der Waals surface area contributed by atoms with Gasteiger partial charge in [0.25, 0.3) is 0 Å². The normalized spacial score (nSPS) is 31.2. The molecule has 1 saturated heterocycles. The average molecular weight is 551 g/mol. The van der Waals surface area contributed by atoms with Crippen LogP contribution in [-0.2, 0) is 14.9 Å². The zero-order valence-corrected chi connectivity index (χ0v) is 25.0. The number of methoxy groups -OCH3 is 1. The van der Waals surface area contributed by atoms with Crippen molar-refractivity contribution in [3.8, 4) is 17.6 Å². The number of carbonyl (C=O) groups is 1. The predicted molar refractivity (Wildman–Crippen MR) is 162 cm³/mol. The van der Waals surface area contributed by atoms with E-state index in [-0.39, 0.29) is 29.1 Å². The number of fused-ring (bicyclic) bond motifs is 4. The number of hydrogen-bond acceptors (Lipinski definition) is 4. The maximum Gasteiger partial charge on any atom is 0.156 e. The summed E-state index contributed by atoms with van der Waals surface area (Å²) in [5, 5.41) is 12.3. The van der Waals surface area contributed by atoms with E-state index in [0.717, 1.165) is 42.6 Å². The highest BCUT2D eigenvalue weighted by atomic mass is 16.5. The molecule has 0 bridgehead atoms. The van der Waals surface area contributed by atoms with Gasteiger partial charge in [-0.2, -0.15) is 0 Å². The highest BCUT2D eigenvalue weighted by Gasteiger charge is 2.61. The molecule has 4 aliphatic rings. The minimum atomic E-state index is -1.15. The molecule has 214 valence electrons. The Labute approximate surface area is 244 Å². The number of allylic oxidation sites excluding steroid dienone is 3. The van der Waals surface area contributed by atoms with Gasteiger partial charge in [-0.05, 0) is 108 Å². The van der Waals surface area contributed by atoms with E-state index in [1.165, 1.54) is 22.3 Å². The molecule has 1 N–H and O–H groups in total. The Kier molecular flexibility index (Phi) is 7.04. The largest absolute Gasteiger partial charge is 0.497 e. The zero-order chi connectivity index (χ0) is 29.0. The summed E-state index contributed by atoms with van der Waals surface area (Å²) in [5.41, 5.74) is 5.52. The Bertz CT molecular complexity index is 1460. The summed E-state index contributed by atoms with van der Waals surface area (Å²) in [6.07, 6.45) is 6.38. The number of ether oxygens (including phenoxy) is 2. The Morgan fingerprint density at radius 2 is 1.73 bits per heavy atom. The van der Waals surface area contributed by atoms with Crippen LogP contribution in [0, 0.1) is 29.1 Å². The van der Waals surface area contributed by atoms with Gasteiger partial charge in [-0.15, -0.1) is 0 Å². The SMILES string of the molecule is COc1ccc(C2OCC3(C)C(CCC3(O)C#Cc3ccc(C(C)(C)C)cc3)C3CCC4=CC(=O)CCC4=C23)cc1. The molecule has 0 spiro atoms. The van der Waals surface area contributed by atoms with Crippen LogP contribution >= 0.6 is 0 Å². The summed E-state index contributed by atoms with van der Waals surface area (Å²) in [7, 11) is 1.68. The van der Waals surface area contributed by atoms with Gasteiger partial charge in [-0.1, -0.05) is 63.8 Å². The summed E-state index contributed by atoms with van der Waals surface area (Å²) < 4.78 is 12.3. The molecule has 1 aliphatic heterocycles. The fourth-order valence-electron chi connectivity index (χ4n) is 7.76. The number of hydrogen-bond donors (Lipinski definition) is 1. The first kappa shape index (κ1) is 28.0. The van der Waals surface area contributed by atoms with Crippen molar-refractivity contribution < 1.29 is 19.4 Å². The Morgan fingerprint density at radius 3 is 2.41 bits per heavy atom. The van der Waals surface area contributed by atoms with E-state index in [1.807, 2.05) is 18.2 Å². The van der Waals surface area contributed by atoms with Crippen LogP contribution in [0.1, 0.15) is 89.0 Å². The summed E-state index contributed by atoms with van der Waals surface area (Å²) in [6.45, 7) is 9.24. The lowest BCUT2D eigenvalue weighted by Gasteiger charge is -2.42. The molecule has 5 unspecified atom stereocenters. The van der Waals surface area contributed by atoms with Crippen LogP contribution in [0.2, 0.25) is 0 Å². The lowest BCUT2D eigenvalue weighted by molar-refractivity contribution is -0.114. The van der Waals surface area contributed by atoms with Gasteiger partial charge in [0.15, 0.2) is 5.78 Å². The van der Waals surface area contributed by atoms with E-state index in [2.05, 4.69) is 75.9 Å². The van der Waals surface area contributed by atoms with Gasteiger partial charge in [0.1, 0.15) is 17.5 Å². The monoisotopic (exact) mass is 550 g/mol. The average Bonchev–Trinajstić information content (AvgIpc) is 3.13. The summed E-state index contributed by atoms with van der Waals surface area (Å²) in [4.78, 5) is 12.4. The van der Waals surface area contributed by atoms with Gasteiger partial charge >= 0.3 is 0 Å². The molecule has 5 atom stereocenters. The van der Waals surface area contributed by atoms with Crippen LogP contribution in [-0.4, -0.2) is 30.2 Å². The second kappa shape index (κ2) is 10.3. The maximum atomic E-state index is 12.4. The summed E-state index contributed by atoms with van der Waals surface area (Å²) in [5.74, 6) is 8.26. The fourth-order valence-corrected chi connectivity index (χ4v) is 7.76. The minimum Gasteiger partial charge on any atom is -0.497 e. The molecular weight excluding hydrogens is 508 g/mol. The first-order chi connectivity index (χ1) is 19.5. The van der Waals surface area contributed by atoms with Crippen molar-refractivity contribution in [1.82, 2.24) is 0 Å². The Hall–Kier alpha value is -3.13. The molecule has 41 heavy (non-hydrogen) atoms. The van der Waals surface area contributed by atoms with Gasteiger partial charge in [0.05, 0.1) is 13.7 Å². The van der Waals surface area contributed by atoms with Crippen molar-refractivity contribution in [2.24, 2.45) is 17.3 Å². The second-order valence-corrected chi connectivity index (χ2v) is 13.7. The van der Waals surface area contributed by atoms with Gasteiger partial charge in [-0.3, -0.25) is 4.79 Å². The van der Waals surface area contributed by atoms with Crippen molar-refractivity contribution in [2.75, 3.05) is 13.7 Å². The highest BCUT2D eigenvalue weighted by molar-refractivity contribution is 5.93. The molecule has 0 aromatic heterocycles. The van der Waals surface area contributed by atoms with Crippen molar-refractivity contribution in [2.45, 2.75) is 83.3 Å². The van der Waals surface area contributed by atoms with E-state index >= 15 is 0 Å². The Morgan fingerprint density at radius 1 is 1.00 bits per heavy atom. The van der Waals surface area contributed by atoms with E-state index in [4.69, 9.17) is 9.47 Å². The lowest BCUT2D eigenvalue weighted by Crippen LogP contribution is -2.48. The number of aliphatic hydroxyl groups is 1. The van der Waals surface area contributed by atoms with Gasteiger partial charge in [0.2, 0.25) is 0 Å². The predicted octanol–water partition coefficient (Wildman–Crippen LogP) is 7.26. The third kappa shape index (κ3) is 4.88. The standard InChI is InChI=1S/C37H42O4/c1-35(2,3)27-11-6-24(7-12-27)18-20-37(39)21-19-32-31-16-10-26-22-28(38)13-17-30(26)33(31)34(41-23-36(32,37)4)25-8-14-29(40-5)15-9-25/h6-9,11-12,14-15,22,31-32,34,39H,10,13,16-17,19,21,23H2,1-5H3. The van der Waals surface area contributed by atoms with Crippen LogP contribution in [0.15, 0.2) is 71.3 Å². The first-order valence-electron chi connectivity index (χ1n) is 15.1. The molecule has 4 heteroatoms. The van der Waals surface area contributed by atoms with Crippen molar-refractivity contribution >= 4 is 5.78 Å². The molecule has 1 heterocycles. The lowest BCUT2D eigenvalue weighted by atomic mass is 9.61. The van der Waals surface area contributed by atoms with E-state index in [1.54, 1.807) is 7.11 Å². The fraction of sp³-hybridized carbons (Fsp3) is 0.486. The maximum absolute atomic E-state index is 12.4. The third-order valence-electron chi connectivity index (χ3n) is 10.3. The number of benzene rings is 2. The van der Waals surface area contributed by atoms with Crippen LogP contribution < -0.4 is 4.74 Å². The van der Waals surface area contributed by atoms with Crippen molar-refractivity contribution in [1.29, 1.82) is 0 Å². The van der Waals surface area contributed by atoms with Gasteiger partial charge in [-0.25, -0.2) is 0 Å². The quantitative estimate of drug-likeness (QED) is 0.400. The second-order valence-electron chi connectivity index (χ2n) is 13.7. The highest BCUT2D eigenvalue weighted by Crippen LogP contribution is 2.61. The van der Waals surface area contributed by atoms with E-state index < -0.39 is 11.0 Å². The third-order valence-corrected chi connectivity index (χ3v) is 10.3. The molecule has 2 fully saturated rings. The van der Waals surface area contributed by atoms with Gasteiger partial charge < -0.3 is 14.6 Å². The van der Waals surface area contributed by atoms with Crippen LogP contribution in [0.25, 0.3) is 0 Å². The molecule has 0 radical (unpaired) electrons. The molecule has 2 aromatic rings. The summed E-state index contributed by atoms with van der Waals surface area (Å²) >= 11 is 0. The van der Waals surface area contributed by atoms with Crippen LogP contribution in [0.4, 0.5) is 0 Å². The number of rotatable bonds is 2. The molecule has 3 aliphatic carbocycles. The van der Waals surface area contributed by atoms with E-state index in [0.29, 0.717) is 19.4 Å². The number of carbonyl (C=O) groups excluding carboxylic acids is 1. The molecule has 6 rings (SSSR count). The zero-order valence-electron chi connectivity index (χ0n) is 25.0. The minimum absolute atomic E-state index is 0.0846.